The topological polar surface area (TPSA) is 30.2 Å². The molecule has 0 spiro atoms. The molecular weight excluding hydrogens is 212 g/mol. The fourth-order valence-electron chi connectivity index (χ4n) is 2.90. The summed E-state index contributed by atoms with van der Waals surface area (Å²) < 4.78 is 5.89. The van der Waals surface area contributed by atoms with Crippen LogP contribution in [0.5, 0.6) is 0 Å². The van der Waals surface area contributed by atoms with Gasteiger partial charge in [-0.2, -0.15) is 0 Å². The number of ketones is 1. The molecule has 1 aromatic heterocycles. The summed E-state index contributed by atoms with van der Waals surface area (Å²) in [4.78, 5) is 11.8. The number of aryl methyl sites for hydroxylation is 1. The Hall–Kier alpha value is -1.05. The van der Waals surface area contributed by atoms with Crippen molar-refractivity contribution in [1.29, 1.82) is 0 Å². The molecule has 0 aromatic carbocycles. The molecule has 1 unspecified atom stereocenters. The van der Waals surface area contributed by atoms with Crippen LogP contribution in [0.15, 0.2) is 4.42 Å². The summed E-state index contributed by atoms with van der Waals surface area (Å²) in [5.41, 5.74) is 2.72. The molecule has 0 aliphatic heterocycles. The van der Waals surface area contributed by atoms with Crippen LogP contribution in [0.3, 0.4) is 0 Å². The van der Waals surface area contributed by atoms with Crippen LogP contribution < -0.4 is 0 Å². The Morgan fingerprint density at radius 1 is 1.35 bits per heavy atom. The minimum absolute atomic E-state index is 0.00417. The molecule has 0 amide bonds. The normalized spacial score (nSPS) is 15.9. The van der Waals surface area contributed by atoms with Crippen molar-refractivity contribution in [2.75, 3.05) is 0 Å². The lowest BCUT2D eigenvalue weighted by Crippen LogP contribution is -2.09. The number of carbonyl (C=O) groups excluding carboxylic acids is 1. The van der Waals surface area contributed by atoms with Gasteiger partial charge in [-0.3, -0.25) is 4.79 Å². The maximum Gasteiger partial charge on any atom is 0.140 e. The third-order valence-corrected chi connectivity index (χ3v) is 3.86. The molecule has 1 aliphatic carbocycles. The second-order valence-corrected chi connectivity index (χ2v) is 5.14. The molecule has 94 valence electrons. The van der Waals surface area contributed by atoms with E-state index in [9.17, 15) is 4.79 Å². The van der Waals surface area contributed by atoms with Crippen LogP contribution in [0.1, 0.15) is 68.1 Å². The van der Waals surface area contributed by atoms with Gasteiger partial charge in [0.05, 0.1) is 5.92 Å². The molecule has 2 nitrogen and oxygen atoms in total. The zero-order valence-electron chi connectivity index (χ0n) is 11.1. The van der Waals surface area contributed by atoms with Crippen molar-refractivity contribution in [3.05, 3.63) is 22.6 Å². The van der Waals surface area contributed by atoms with E-state index >= 15 is 0 Å². The van der Waals surface area contributed by atoms with E-state index < -0.39 is 0 Å². The lowest BCUT2D eigenvalue weighted by atomic mass is 9.92. The summed E-state index contributed by atoms with van der Waals surface area (Å²) in [6.07, 6.45) is 6.60. The van der Waals surface area contributed by atoms with Crippen LogP contribution >= 0.6 is 0 Å². The van der Waals surface area contributed by atoms with Gasteiger partial charge >= 0.3 is 0 Å². The van der Waals surface area contributed by atoms with Gasteiger partial charge in [-0.05, 0) is 50.7 Å². The number of rotatable bonds is 5. The van der Waals surface area contributed by atoms with Crippen molar-refractivity contribution < 1.29 is 9.21 Å². The summed E-state index contributed by atoms with van der Waals surface area (Å²) in [7, 11) is 0. The molecule has 0 bridgehead atoms. The highest BCUT2D eigenvalue weighted by Crippen LogP contribution is 2.37. The second kappa shape index (κ2) is 5.07. The molecule has 1 atom stereocenters. The van der Waals surface area contributed by atoms with Gasteiger partial charge < -0.3 is 4.42 Å². The van der Waals surface area contributed by atoms with Gasteiger partial charge in [0.1, 0.15) is 17.3 Å². The van der Waals surface area contributed by atoms with Crippen molar-refractivity contribution in [3.63, 3.8) is 0 Å². The number of hydrogen-bond donors (Lipinski definition) is 0. The van der Waals surface area contributed by atoms with Crippen molar-refractivity contribution in [3.8, 4) is 0 Å². The number of furan rings is 1. The fraction of sp³-hybridized carbons (Fsp3) is 0.667. The Balaban J connectivity index is 2.30. The quantitative estimate of drug-likeness (QED) is 0.772. The molecule has 0 N–H and O–H groups in total. The highest BCUT2D eigenvalue weighted by molar-refractivity contribution is 5.83. The van der Waals surface area contributed by atoms with Crippen LogP contribution in [-0.4, -0.2) is 5.78 Å². The summed E-state index contributed by atoms with van der Waals surface area (Å²) in [6.45, 7) is 5.89. The predicted molar refractivity (Wildman–Crippen MR) is 68.4 cm³/mol. The van der Waals surface area contributed by atoms with Crippen LogP contribution in [0, 0.1) is 6.92 Å². The SMILES string of the molecule is CCCCC(C(C)=O)c1oc(C)c2c1CCC2. The number of carbonyl (C=O) groups is 1. The van der Waals surface area contributed by atoms with E-state index in [-0.39, 0.29) is 11.7 Å². The van der Waals surface area contributed by atoms with E-state index in [0.717, 1.165) is 43.6 Å². The van der Waals surface area contributed by atoms with Crippen LogP contribution in [0.4, 0.5) is 0 Å². The van der Waals surface area contributed by atoms with Gasteiger partial charge in [-0.15, -0.1) is 0 Å². The average molecular weight is 234 g/mol. The summed E-state index contributed by atoms with van der Waals surface area (Å²) in [6, 6.07) is 0. The predicted octanol–water partition coefficient (Wildman–Crippen LogP) is 3.94. The molecular formula is C15H22O2. The largest absolute Gasteiger partial charge is 0.465 e. The lowest BCUT2D eigenvalue weighted by molar-refractivity contribution is -0.118. The van der Waals surface area contributed by atoms with E-state index in [4.69, 9.17) is 4.42 Å². The van der Waals surface area contributed by atoms with Crippen molar-refractivity contribution in [2.45, 2.75) is 65.2 Å². The zero-order valence-corrected chi connectivity index (χ0v) is 11.1. The van der Waals surface area contributed by atoms with E-state index in [0.29, 0.717) is 0 Å². The molecule has 2 rings (SSSR count). The molecule has 0 saturated carbocycles. The van der Waals surface area contributed by atoms with Crippen molar-refractivity contribution in [2.24, 2.45) is 0 Å². The molecule has 2 heteroatoms. The molecule has 0 radical (unpaired) electrons. The Labute approximate surface area is 103 Å². The Morgan fingerprint density at radius 3 is 2.71 bits per heavy atom. The van der Waals surface area contributed by atoms with Gasteiger partial charge in [0, 0.05) is 0 Å². The minimum Gasteiger partial charge on any atom is -0.465 e. The van der Waals surface area contributed by atoms with E-state index in [1.807, 2.05) is 6.92 Å². The third-order valence-electron chi connectivity index (χ3n) is 3.86. The molecule has 17 heavy (non-hydrogen) atoms. The Morgan fingerprint density at radius 2 is 2.06 bits per heavy atom. The fourth-order valence-corrected chi connectivity index (χ4v) is 2.90. The number of fused-ring (bicyclic) bond motifs is 1. The Kier molecular flexibility index (Phi) is 3.70. The standard InChI is InChI=1S/C15H22O2/c1-4-5-7-12(10(2)16)15-14-9-6-8-13(14)11(3)17-15/h12H,4-9H2,1-3H3. The molecule has 0 saturated heterocycles. The third kappa shape index (κ3) is 2.31. The van der Waals surface area contributed by atoms with E-state index in [2.05, 4.69) is 6.92 Å². The first-order valence-corrected chi connectivity index (χ1v) is 6.76. The number of Topliss-reactive ketones (excluding diaryl/α,β-unsaturated/α-hetero) is 1. The maximum absolute atomic E-state index is 11.8. The van der Waals surface area contributed by atoms with Crippen LogP contribution in [0.25, 0.3) is 0 Å². The highest BCUT2D eigenvalue weighted by Gasteiger charge is 2.29. The van der Waals surface area contributed by atoms with Gasteiger partial charge in [-0.1, -0.05) is 19.8 Å². The van der Waals surface area contributed by atoms with Crippen LogP contribution in [0.2, 0.25) is 0 Å². The minimum atomic E-state index is -0.00417. The van der Waals surface area contributed by atoms with Crippen molar-refractivity contribution >= 4 is 5.78 Å². The highest BCUT2D eigenvalue weighted by atomic mass is 16.3. The maximum atomic E-state index is 11.8. The smallest absolute Gasteiger partial charge is 0.140 e. The first-order valence-electron chi connectivity index (χ1n) is 6.76. The molecule has 0 fully saturated rings. The van der Waals surface area contributed by atoms with Crippen molar-refractivity contribution in [1.82, 2.24) is 0 Å². The second-order valence-electron chi connectivity index (χ2n) is 5.14. The van der Waals surface area contributed by atoms with Gasteiger partial charge in [-0.25, -0.2) is 0 Å². The average Bonchev–Trinajstić information content (AvgIpc) is 2.84. The lowest BCUT2D eigenvalue weighted by Gasteiger charge is -2.12. The zero-order chi connectivity index (χ0) is 12.4. The number of unbranched alkanes of at least 4 members (excludes halogenated alkanes) is 1. The van der Waals surface area contributed by atoms with Gasteiger partial charge in [0.25, 0.3) is 0 Å². The summed E-state index contributed by atoms with van der Waals surface area (Å²) in [5, 5.41) is 0. The number of hydrogen-bond acceptors (Lipinski definition) is 2. The monoisotopic (exact) mass is 234 g/mol. The molecule has 1 aromatic rings. The van der Waals surface area contributed by atoms with E-state index in [1.165, 1.54) is 17.5 Å². The first-order chi connectivity index (χ1) is 8.15. The summed E-state index contributed by atoms with van der Waals surface area (Å²) >= 11 is 0. The van der Waals surface area contributed by atoms with Crippen LogP contribution in [-0.2, 0) is 17.6 Å². The Bertz CT molecular complexity index is 415. The summed E-state index contributed by atoms with van der Waals surface area (Å²) in [5.74, 6) is 2.27. The molecule has 1 aliphatic rings. The van der Waals surface area contributed by atoms with Gasteiger partial charge in [0.2, 0.25) is 0 Å². The first kappa shape index (κ1) is 12.4. The molecule has 1 heterocycles. The van der Waals surface area contributed by atoms with Gasteiger partial charge in [0.15, 0.2) is 0 Å². The van der Waals surface area contributed by atoms with E-state index in [1.54, 1.807) is 6.92 Å².